The number of fused-ring (bicyclic) bond motifs is 1. The Kier molecular flexibility index (Phi) is 8.10. The van der Waals surface area contributed by atoms with Gasteiger partial charge in [-0.2, -0.15) is 0 Å². The molecule has 3 aromatic carbocycles. The molecule has 0 radical (unpaired) electrons. The second kappa shape index (κ2) is 11.6. The average Bonchev–Trinajstić information content (AvgIpc) is 3.28. The van der Waals surface area contributed by atoms with E-state index in [4.69, 9.17) is 4.74 Å². The van der Waals surface area contributed by atoms with Crippen molar-refractivity contribution >= 4 is 52.0 Å². The highest BCUT2D eigenvalue weighted by atomic mass is 16.5. The van der Waals surface area contributed by atoms with Crippen LogP contribution in [0.4, 0.5) is 17.1 Å². The molecule has 2 N–H and O–H groups in total. The van der Waals surface area contributed by atoms with Crippen molar-refractivity contribution in [1.29, 1.82) is 0 Å². The smallest absolute Gasteiger partial charge is 0.337 e. The molecule has 39 heavy (non-hydrogen) atoms. The third-order valence-electron chi connectivity index (χ3n) is 6.34. The number of amides is 3. The Balaban J connectivity index is 1.72. The monoisotopic (exact) mass is 526 g/mol. The van der Waals surface area contributed by atoms with Crippen molar-refractivity contribution in [2.45, 2.75) is 13.3 Å². The fourth-order valence-electron chi connectivity index (χ4n) is 4.21. The Bertz CT molecular complexity index is 1450. The van der Waals surface area contributed by atoms with E-state index in [0.29, 0.717) is 39.5 Å². The van der Waals surface area contributed by atoms with Crippen molar-refractivity contribution in [1.82, 2.24) is 4.90 Å². The fraction of sp³-hybridized carbons (Fsp3) is 0.200. The first kappa shape index (κ1) is 27.1. The summed E-state index contributed by atoms with van der Waals surface area (Å²) in [6.45, 7) is 1.69. The molecule has 3 amide bonds. The van der Waals surface area contributed by atoms with Crippen LogP contribution in [0.15, 0.2) is 72.8 Å². The van der Waals surface area contributed by atoms with Gasteiger partial charge in [-0.3, -0.25) is 14.4 Å². The summed E-state index contributed by atoms with van der Waals surface area (Å²) in [5.41, 5.74) is 4.57. The number of ether oxygens (including phenoxy) is 1. The number of hydrogen-bond donors (Lipinski definition) is 2. The van der Waals surface area contributed by atoms with Crippen LogP contribution >= 0.6 is 0 Å². The Morgan fingerprint density at radius 2 is 1.59 bits per heavy atom. The molecule has 0 spiro atoms. The van der Waals surface area contributed by atoms with Gasteiger partial charge in [0.25, 0.3) is 5.91 Å². The van der Waals surface area contributed by atoms with Crippen LogP contribution in [0, 0.1) is 0 Å². The van der Waals surface area contributed by atoms with Crippen LogP contribution in [0.5, 0.6) is 0 Å². The lowest BCUT2D eigenvalue weighted by Crippen LogP contribution is -2.40. The predicted octanol–water partition coefficient (Wildman–Crippen LogP) is 4.24. The summed E-state index contributed by atoms with van der Waals surface area (Å²) in [6.07, 6.45) is 0.261. The number of methoxy groups -OCH3 is 1. The molecular weight excluding hydrogens is 496 g/mol. The van der Waals surface area contributed by atoms with Gasteiger partial charge in [-0.05, 0) is 42.0 Å². The van der Waals surface area contributed by atoms with Gasteiger partial charge in [-0.15, -0.1) is 0 Å². The summed E-state index contributed by atoms with van der Waals surface area (Å²) in [6, 6.07) is 21.5. The summed E-state index contributed by atoms with van der Waals surface area (Å²) >= 11 is 0. The van der Waals surface area contributed by atoms with Gasteiger partial charge in [-0.25, -0.2) is 4.79 Å². The molecule has 0 saturated carbocycles. The van der Waals surface area contributed by atoms with Gasteiger partial charge in [0.15, 0.2) is 0 Å². The minimum absolute atomic E-state index is 0.0592. The van der Waals surface area contributed by atoms with Gasteiger partial charge >= 0.3 is 5.97 Å². The first-order valence-electron chi connectivity index (χ1n) is 12.4. The number of benzene rings is 3. The highest BCUT2D eigenvalue weighted by molar-refractivity contribution is 6.37. The average molecular weight is 527 g/mol. The molecule has 1 heterocycles. The number of esters is 1. The first-order valence-corrected chi connectivity index (χ1v) is 12.4. The quantitative estimate of drug-likeness (QED) is 0.336. The summed E-state index contributed by atoms with van der Waals surface area (Å²) in [5, 5.41) is 6.22. The zero-order chi connectivity index (χ0) is 28.1. The van der Waals surface area contributed by atoms with Gasteiger partial charge in [0.05, 0.1) is 29.6 Å². The lowest BCUT2D eigenvalue weighted by molar-refractivity contribution is -0.129. The van der Waals surface area contributed by atoms with Gasteiger partial charge < -0.3 is 25.2 Å². The maximum absolute atomic E-state index is 13.2. The minimum Gasteiger partial charge on any atom is -0.465 e. The molecule has 0 atom stereocenters. The van der Waals surface area contributed by atoms with Crippen molar-refractivity contribution < 1.29 is 23.9 Å². The fourth-order valence-corrected chi connectivity index (χ4v) is 4.21. The summed E-state index contributed by atoms with van der Waals surface area (Å²) in [7, 11) is 4.60. The van der Waals surface area contributed by atoms with Crippen LogP contribution in [-0.4, -0.2) is 56.3 Å². The molecule has 0 aliphatic carbocycles. The second-order valence-electron chi connectivity index (χ2n) is 9.12. The van der Waals surface area contributed by atoms with Crippen molar-refractivity contribution in [2.24, 2.45) is 0 Å². The van der Waals surface area contributed by atoms with E-state index < -0.39 is 5.97 Å². The number of nitrogens with one attached hydrogen (secondary N) is 2. The number of nitrogens with zero attached hydrogens (tertiary/aromatic N) is 2. The summed E-state index contributed by atoms with van der Waals surface area (Å²) in [4.78, 5) is 53.0. The maximum atomic E-state index is 13.2. The largest absolute Gasteiger partial charge is 0.465 e. The normalized spacial score (nSPS) is 13.2. The van der Waals surface area contributed by atoms with Crippen LogP contribution in [0.1, 0.15) is 34.8 Å². The van der Waals surface area contributed by atoms with Crippen LogP contribution in [0.2, 0.25) is 0 Å². The number of likely N-dealkylation sites (N-methyl/N-ethyl adjacent to an activating group) is 1. The number of rotatable bonds is 8. The highest BCUT2D eigenvalue weighted by Crippen LogP contribution is 2.38. The SMILES string of the molecule is CCC(=O)N(CC(=O)N(C)C)c1ccc(N/C(=C2\C(=O)Nc3cc(C(=O)OC)ccc32)c2ccccc2)cc1. The molecule has 9 nitrogen and oxygen atoms in total. The van der Waals surface area contributed by atoms with E-state index >= 15 is 0 Å². The van der Waals surface area contributed by atoms with Crippen LogP contribution in [-0.2, 0) is 19.1 Å². The van der Waals surface area contributed by atoms with E-state index in [-0.39, 0.29) is 30.7 Å². The molecule has 0 saturated heterocycles. The molecule has 200 valence electrons. The second-order valence-corrected chi connectivity index (χ2v) is 9.12. The summed E-state index contributed by atoms with van der Waals surface area (Å²) in [5.74, 6) is -1.15. The van der Waals surface area contributed by atoms with Crippen molar-refractivity contribution in [3.8, 4) is 0 Å². The van der Waals surface area contributed by atoms with Crippen molar-refractivity contribution in [2.75, 3.05) is 43.3 Å². The maximum Gasteiger partial charge on any atom is 0.337 e. The topological polar surface area (TPSA) is 108 Å². The Morgan fingerprint density at radius 3 is 2.21 bits per heavy atom. The van der Waals surface area contributed by atoms with Gasteiger partial charge in [0.2, 0.25) is 11.8 Å². The Morgan fingerprint density at radius 1 is 0.897 bits per heavy atom. The zero-order valence-corrected chi connectivity index (χ0v) is 22.3. The third-order valence-corrected chi connectivity index (χ3v) is 6.34. The Labute approximate surface area is 227 Å². The molecule has 9 heteroatoms. The van der Waals surface area contributed by atoms with Gasteiger partial charge in [-0.1, -0.05) is 43.3 Å². The lowest BCUT2D eigenvalue weighted by Gasteiger charge is -2.24. The molecule has 4 rings (SSSR count). The number of carbonyl (C=O) groups excluding carboxylic acids is 4. The van der Waals surface area contributed by atoms with Gasteiger partial charge in [0.1, 0.15) is 6.54 Å². The number of anilines is 3. The third kappa shape index (κ3) is 5.82. The molecule has 0 fully saturated rings. The number of hydrogen-bond acceptors (Lipinski definition) is 6. The highest BCUT2D eigenvalue weighted by Gasteiger charge is 2.29. The van der Waals surface area contributed by atoms with E-state index in [9.17, 15) is 19.2 Å². The minimum atomic E-state index is -0.492. The molecule has 1 aliphatic rings. The molecule has 0 bridgehead atoms. The molecule has 0 aromatic heterocycles. The lowest BCUT2D eigenvalue weighted by atomic mass is 9.99. The van der Waals surface area contributed by atoms with Crippen molar-refractivity contribution in [3.05, 3.63) is 89.5 Å². The van der Waals surface area contributed by atoms with Crippen LogP contribution in [0.25, 0.3) is 11.3 Å². The van der Waals surface area contributed by atoms with Crippen LogP contribution in [0.3, 0.4) is 0 Å². The van der Waals surface area contributed by atoms with E-state index in [1.165, 1.54) is 16.9 Å². The summed E-state index contributed by atoms with van der Waals surface area (Å²) < 4.78 is 4.80. The predicted molar refractivity (Wildman–Crippen MR) is 151 cm³/mol. The first-order chi connectivity index (χ1) is 18.7. The van der Waals surface area contributed by atoms with E-state index in [1.807, 2.05) is 30.3 Å². The standard InChI is InChI=1S/C30H30N4O5/c1-5-25(35)34(18-26(36)33(2)3)22-14-12-21(13-15-22)31-28(19-9-7-6-8-10-19)27-23-16-11-20(30(38)39-4)17-24(23)32-29(27)37/h6-17,31H,5,18H2,1-4H3,(H,32,37)/b28-27-. The number of carbonyl (C=O) groups is 4. The molecule has 1 aliphatic heterocycles. The van der Waals surface area contributed by atoms with Gasteiger partial charge in [0, 0.05) is 37.5 Å². The van der Waals surface area contributed by atoms with E-state index in [2.05, 4.69) is 10.6 Å². The molecular formula is C30H30N4O5. The van der Waals surface area contributed by atoms with E-state index in [0.717, 1.165) is 5.56 Å². The molecule has 3 aromatic rings. The zero-order valence-electron chi connectivity index (χ0n) is 22.3. The molecule has 0 unspecified atom stereocenters. The Hall–Kier alpha value is -4.92. The van der Waals surface area contributed by atoms with Crippen molar-refractivity contribution in [3.63, 3.8) is 0 Å². The van der Waals surface area contributed by atoms with Crippen LogP contribution < -0.4 is 15.5 Å². The van der Waals surface area contributed by atoms with E-state index in [1.54, 1.807) is 63.5 Å².